The van der Waals surface area contributed by atoms with E-state index in [0.29, 0.717) is 35.2 Å². The van der Waals surface area contributed by atoms with E-state index in [0.717, 1.165) is 18.7 Å². The number of nitrogens with zero attached hydrogens (tertiary/aromatic N) is 4. The SMILES string of the molecule is CC(C)c1ccc([C@](O)(c2cncc(-c3noc([C@@H]4CC(=O)N4)n3)c2)C2(C)CN(C)C2)cc1. The number of nitrogens with one attached hydrogen (secondary N) is 1. The number of pyridine rings is 1. The summed E-state index contributed by atoms with van der Waals surface area (Å²) in [5, 5.41) is 19.2. The highest BCUT2D eigenvalue weighted by Crippen LogP contribution is 2.50. The molecule has 0 unspecified atom stereocenters. The van der Waals surface area contributed by atoms with Crippen LogP contribution in [0.3, 0.4) is 0 Å². The Kier molecular flexibility index (Phi) is 5.10. The molecular formula is C25H29N5O3. The third-order valence-corrected chi connectivity index (χ3v) is 6.99. The van der Waals surface area contributed by atoms with Crippen LogP contribution >= 0.6 is 0 Å². The van der Waals surface area contributed by atoms with E-state index in [1.165, 1.54) is 5.56 Å². The number of aliphatic hydroxyl groups is 1. The molecule has 0 aliphatic carbocycles. The van der Waals surface area contributed by atoms with Crippen LogP contribution in [0.2, 0.25) is 0 Å². The van der Waals surface area contributed by atoms with Gasteiger partial charge in [0.25, 0.3) is 0 Å². The van der Waals surface area contributed by atoms with Crippen molar-refractivity contribution in [2.45, 2.75) is 44.8 Å². The maximum absolute atomic E-state index is 12.3. The standard InChI is InChI=1S/C25H29N5O3/c1-15(2)16-5-7-18(8-6-16)25(32,24(3)13-30(4)14-24)19-9-17(11-26-12-19)22-28-23(33-29-22)20-10-21(31)27-20/h5-9,11-12,15,20,32H,10,13-14H2,1-4H3,(H,27,31)/t20-,25-/m0/s1. The second-order valence-corrected chi connectivity index (χ2v) is 9.96. The predicted molar refractivity (Wildman–Crippen MR) is 122 cm³/mol. The quantitative estimate of drug-likeness (QED) is 0.560. The first-order valence-electron chi connectivity index (χ1n) is 11.3. The Hall–Kier alpha value is -3.10. The van der Waals surface area contributed by atoms with Crippen molar-refractivity contribution in [1.82, 2.24) is 25.3 Å². The lowest BCUT2D eigenvalue weighted by Crippen LogP contribution is -2.63. The summed E-state index contributed by atoms with van der Waals surface area (Å²) in [5.74, 6) is 1.14. The third-order valence-electron chi connectivity index (χ3n) is 6.99. The highest BCUT2D eigenvalue weighted by molar-refractivity contribution is 5.82. The van der Waals surface area contributed by atoms with Crippen LogP contribution in [0.1, 0.15) is 61.7 Å². The maximum Gasteiger partial charge on any atom is 0.250 e. The number of benzene rings is 1. The van der Waals surface area contributed by atoms with Crippen LogP contribution in [-0.4, -0.2) is 51.2 Å². The molecule has 2 aromatic heterocycles. The molecule has 0 bridgehead atoms. The van der Waals surface area contributed by atoms with E-state index in [9.17, 15) is 9.90 Å². The van der Waals surface area contributed by atoms with Gasteiger partial charge in [0.1, 0.15) is 11.6 Å². The minimum Gasteiger partial charge on any atom is -0.380 e. The molecular weight excluding hydrogens is 418 g/mol. The molecule has 5 rings (SSSR count). The summed E-state index contributed by atoms with van der Waals surface area (Å²) in [6.07, 6.45) is 3.73. The smallest absolute Gasteiger partial charge is 0.250 e. The van der Waals surface area contributed by atoms with Crippen molar-refractivity contribution in [2.75, 3.05) is 20.1 Å². The molecule has 33 heavy (non-hydrogen) atoms. The van der Waals surface area contributed by atoms with E-state index in [-0.39, 0.29) is 17.4 Å². The predicted octanol–water partition coefficient (Wildman–Crippen LogP) is 3.00. The average molecular weight is 448 g/mol. The summed E-state index contributed by atoms with van der Waals surface area (Å²) < 4.78 is 5.36. The number of β-lactam (4-membered cyclic amide) rings is 1. The van der Waals surface area contributed by atoms with Crippen molar-refractivity contribution in [3.8, 4) is 11.4 Å². The average Bonchev–Trinajstić information content (AvgIpc) is 3.25. The van der Waals surface area contributed by atoms with E-state index in [4.69, 9.17) is 4.52 Å². The van der Waals surface area contributed by atoms with Gasteiger partial charge in [-0.2, -0.15) is 4.98 Å². The maximum atomic E-state index is 12.3. The lowest BCUT2D eigenvalue weighted by molar-refractivity contribution is -0.128. The van der Waals surface area contributed by atoms with Gasteiger partial charge in [-0.05, 0) is 30.2 Å². The summed E-state index contributed by atoms with van der Waals surface area (Å²) in [6.45, 7) is 7.94. The van der Waals surface area contributed by atoms with Crippen LogP contribution in [0, 0.1) is 5.41 Å². The molecule has 172 valence electrons. The second kappa shape index (κ2) is 7.74. The highest BCUT2D eigenvalue weighted by atomic mass is 16.5. The van der Waals surface area contributed by atoms with Crippen LogP contribution in [0.4, 0.5) is 0 Å². The lowest BCUT2D eigenvalue weighted by atomic mass is 9.62. The van der Waals surface area contributed by atoms with E-state index in [1.807, 2.05) is 18.2 Å². The summed E-state index contributed by atoms with van der Waals surface area (Å²) >= 11 is 0. The van der Waals surface area contributed by atoms with Gasteiger partial charge in [0, 0.05) is 42.0 Å². The molecule has 2 atom stereocenters. The minimum absolute atomic E-state index is 0.0318. The van der Waals surface area contributed by atoms with E-state index >= 15 is 0 Å². The van der Waals surface area contributed by atoms with E-state index in [2.05, 4.69) is 65.3 Å². The number of rotatable bonds is 6. The third kappa shape index (κ3) is 3.54. The topological polar surface area (TPSA) is 104 Å². The zero-order chi connectivity index (χ0) is 23.4. The number of hydrogen-bond acceptors (Lipinski definition) is 7. The van der Waals surface area contributed by atoms with Crippen LogP contribution in [-0.2, 0) is 10.4 Å². The van der Waals surface area contributed by atoms with Crippen LogP contribution in [0.25, 0.3) is 11.4 Å². The Morgan fingerprint density at radius 2 is 1.91 bits per heavy atom. The van der Waals surface area contributed by atoms with E-state index < -0.39 is 5.60 Å². The Morgan fingerprint density at radius 1 is 1.21 bits per heavy atom. The van der Waals surface area contributed by atoms with Gasteiger partial charge in [-0.1, -0.05) is 50.2 Å². The van der Waals surface area contributed by atoms with Crippen LogP contribution in [0.15, 0.2) is 47.2 Å². The first-order chi connectivity index (χ1) is 15.7. The van der Waals surface area contributed by atoms with Gasteiger partial charge in [-0.25, -0.2) is 0 Å². The number of carbonyl (C=O) groups excluding carboxylic acids is 1. The minimum atomic E-state index is -1.24. The zero-order valence-electron chi connectivity index (χ0n) is 19.4. The summed E-state index contributed by atoms with van der Waals surface area (Å²) in [4.78, 5) is 22.3. The summed E-state index contributed by atoms with van der Waals surface area (Å²) in [6, 6.07) is 9.88. The van der Waals surface area contributed by atoms with Gasteiger partial charge in [-0.15, -0.1) is 0 Å². The Bertz CT molecular complexity index is 1170. The molecule has 8 nitrogen and oxygen atoms in total. The molecule has 2 N–H and O–H groups in total. The van der Waals surface area contributed by atoms with Gasteiger partial charge in [0.05, 0.1) is 6.42 Å². The number of carbonyl (C=O) groups is 1. The fourth-order valence-corrected chi connectivity index (χ4v) is 5.11. The fourth-order valence-electron chi connectivity index (χ4n) is 5.11. The van der Waals surface area contributed by atoms with Crippen LogP contribution in [0.5, 0.6) is 0 Å². The first-order valence-corrected chi connectivity index (χ1v) is 11.3. The molecule has 3 aromatic rings. The molecule has 0 spiro atoms. The Morgan fingerprint density at radius 3 is 2.52 bits per heavy atom. The highest BCUT2D eigenvalue weighted by Gasteiger charge is 2.55. The molecule has 2 aliphatic heterocycles. The van der Waals surface area contributed by atoms with Gasteiger partial charge < -0.3 is 19.8 Å². The van der Waals surface area contributed by atoms with Gasteiger partial charge in [0.2, 0.25) is 17.6 Å². The molecule has 0 saturated carbocycles. The van der Waals surface area contributed by atoms with Crippen molar-refractivity contribution in [1.29, 1.82) is 0 Å². The van der Waals surface area contributed by atoms with Crippen LogP contribution < -0.4 is 5.32 Å². The largest absolute Gasteiger partial charge is 0.380 e. The second-order valence-electron chi connectivity index (χ2n) is 9.96. The molecule has 2 saturated heterocycles. The van der Waals surface area contributed by atoms with Gasteiger partial charge in [-0.3, -0.25) is 9.78 Å². The normalized spacial score (nSPS) is 21.8. The van der Waals surface area contributed by atoms with Gasteiger partial charge >= 0.3 is 0 Å². The number of hydrogen-bond donors (Lipinski definition) is 2. The van der Waals surface area contributed by atoms with Gasteiger partial charge in [0.15, 0.2) is 0 Å². The van der Waals surface area contributed by atoms with Crippen molar-refractivity contribution >= 4 is 5.91 Å². The van der Waals surface area contributed by atoms with Crippen molar-refractivity contribution in [3.63, 3.8) is 0 Å². The number of amides is 1. The summed E-state index contributed by atoms with van der Waals surface area (Å²) in [5.41, 5.74) is 1.78. The fraction of sp³-hybridized carbons (Fsp3) is 0.440. The molecule has 2 fully saturated rings. The molecule has 2 aliphatic rings. The Labute approximate surface area is 193 Å². The first kappa shape index (κ1) is 21.7. The molecule has 8 heteroatoms. The van der Waals surface area contributed by atoms with Crippen molar-refractivity contribution < 1.29 is 14.4 Å². The molecule has 1 amide bonds. The number of aromatic nitrogens is 3. The molecule has 1 aromatic carbocycles. The molecule has 4 heterocycles. The monoisotopic (exact) mass is 447 g/mol. The molecule has 0 radical (unpaired) electrons. The van der Waals surface area contributed by atoms with E-state index in [1.54, 1.807) is 12.4 Å². The zero-order valence-corrected chi connectivity index (χ0v) is 19.4. The lowest BCUT2D eigenvalue weighted by Gasteiger charge is -2.55. The summed E-state index contributed by atoms with van der Waals surface area (Å²) in [7, 11) is 2.05. The number of likely N-dealkylation sites (tertiary alicyclic amines) is 1. The Balaban J connectivity index is 1.54. The van der Waals surface area contributed by atoms with Crippen molar-refractivity contribution in [3.05, 3.63) is 65.3 Å². The van der Waals surface area contributed by atoms with Crippen molar-refractivity contribution in [2.24, 2.45) is 5.41 Å².